The van der Waals surface area contributed by atoms with Gasteiger partial charge in [-0.05, 0) is 17.7 Å². The number of halogens is 2. The van der Waals surface area contributed by atoms with E-state index in [4.69, 9.17) is 10.5 Å². The van der Waals surface area contributed by atoms with Crippen molar-refractivity contribution in [3.63, 3.8) is 0 Å². The number of rotatable bonds is 7. The zero-order valence-corrected chi connectivity index (χ0v) is 15.4. The summed E-state index contributed by atoms with van der Waals surface area (Å²) in [6.45, 7) is -0.264. The Balaban J connectivity index is 2.20. The second-order valence-corrected chi connectivity index (χ2v) is 5.67. The molecule has 0 aliphatic heterocycles. The van der Waals surface area contributed by atoms with Crippen LogP contribution >= 0.6 is 0 Å². The molecule has 2 aromatic carbocycles. The second-order valence-electron chi connectivity index (χ2n) is 5.67. The number of nitrogens with zero attached hydrogens (tertiary/aromatic N) is 1. The van der Waals surface area contributed by atoms with E-state index in [0.717, 1.165) is 32.4 Å². The Morgan fingerprint density at radius 2 is 1.62 bits per heavy atom. The van der Waals surface area contributed by atoms with E-state index in [2.05, 4.69) is 9.47 Å². The first-order valence-corrected chi connectivity index (χ1v) is 8.04. The first-order chi connectivity index (χ1) is 13.7. The molecule has 154 valence electrons. The molecule has 0 amide bonds. The van der Waals surface area contributed by atoms with E-state index in [1.54, 1.807) is 0 Å². The maximum atomic E-state index is 14.2. The molecule has 0 unspecified atom stereocenters. The molecule has 2 rings (SSSR count). The highest BCUT2D eigenvalue weighted by Crippen LogP contribution is 2.27. The van der Waals surface area contributed by atoms with Crippen LogP contribution in [-0.4, -0.2) is 37.7 Å². The number of nitro groups is 1. The molecule has 0 aliphatic carbocycles. The Labute approximate surface area is 163 Å². The van der Waals surface area contributed by atoms with Crippen LogP contribution in [0.25, 0.3) is 0 Å². The van der Waals surface area contributed by atoms with Crippen molar-refractivity contribution in [1.29, 1.82) is 0 Å². The van der Waals surface area contributed by atoms with Gasteiger partial charge in [0.25, 0.3) is 5.69 Å². The minimum Gasteiger partial charge on any atom is -0.490 e. The largest absolute Gasteiger partial charge is 0.490 e. The highest BCUT2D eigenvalue weighted by molar-refractivity contribution is 5.95. The standard InChI is InChI=1S/C18H16F2N2O7/c1-27-17(23)10-6-13(20)16(8-14(10)21)29-4-3-9-5-15(22(25)26)11(7-12(9)19)18(24)28-2/h5-8H,3-4,21H2,1-2H3. The minimum atomic E-state index is -1.05. The third-order valence-electron chi connectivity index (χ3n) is 3.91. The quantitative estimate of drug-likeness (QED) is 0.319. The van der Waals surface area contributed by atoms with Gasteiger partial charge in [-0.15, -0.1) is 0 Å². The third-order valence-corrected chi connectivity index (χ3v) is 3.91. The van der Waals surface area contributed by atoms with Crippen molar-refractivity contribution in [2.24, 2.45) is 0 Å². The normalized spacial score (nSPS) is 10.3. The number of ether oxygens (including phenoxy) is 3. The number of methoxy groups -OCH3 is 2. The fourth-order valence-corrected chi connectivity index (χ4v) is 2.46. The van der Waals surface area contributed by atoms with Gasteiger partial charge in [0.15, 0.2) is 11.6 Å². The molecule has 0 heterocycles. The molecule has 0 spiro atoms. The summed E-state index contributed by atoms with van der Waals surface area (Å²) in [5.74, 6) is -3.96. The summed E-state index contributed by atoms with van der Waals surface area (Å²) in [5, 5.41) is 11.1. The summed E-state index contributed by atoms with van der Waals surface area (Å²) in [6, 6.07) is 3.49. The molecule has 0 aromatic heterocycles. The molecule has 9 nitrogen and oxygen atoms in total. The van der Waals surface area contributed by atoms with Crippen molar-refractivity contribution in [3.8, 4) is 5.75 Å². The van der Waals surface area contributed by atoms with Gasteiger partial charge in [0.05, 0.1) is 37.0 Å². The van der Waals surface area contributed by atoms with Crippen molar-refractivity contribution in [3.05, 3.63) is 62.7 Å². The lowest BCUT2D eigenvalue weighted by Gasteiger charge is -2.11. The predicted molar refractivity (Wildman–Crippen MR) is 95.7 cm³/mol. The number of benzene rings is 2. The molecular weight excluding hydrogens is 394 g/mol. The van der Waals surface area contributed by atoms with Crippen LogP contribution < -0.4 is 10.5 Å². The maximum Gasteiger partial charge on any atom is 0.344 e. The number of hydrogen-bond donors (Lipinski definition) is 1. The van der Waals surface area contributed by atoms with E-state index in [-0.39, 0.29) is 35.6 Å². The van der Waals surface area contributed by atoms with Crippen LogP contribution in [0.15, 0.2) is 24.3 Å². The number of esters is 2. The number of nitrogens with two attached hydrogens (primary N) is 1. The molecule has 0 atom stereocenters. The molecule has 0 saturated heterocycles. The smallest absolute Gasteiger partial charge is 0.344 e. The van der Waals surface area contributed by atoms with Crippen molar-refractivity contribution in [2.75, 3.05) is 26.6 Å². The van der Waals surface area contributed by atoms with Crippen LogP contribution in [0, 0.1) is 21.7 Å². The highest BCUT2D eigenvalue weighted by Gasteiger charge is 2.24. The van der Waals surface area contributed by atoms with Gasteiger partial charge in [0.2, 0.25) is 0 Å². The summed E-state index contributed by atoms with van der Waals surface area (Å²) in [5.41, 5.74) is 4.10. The lowest BCUT2D eigenvalue weighted by Crippen LogP contribution is -2.11. The molecular formula is C18H16F2N2O7. The van der Waals surface area contributed by atoms with Gasteiger partial charge in [-0.3, -0.25) is 10.1 Å². The van der Waals surface area contributed by atoms with Gasteiger partial charge >= 0.3 is 11.9 Å². The SMILES string of the molecule is COC(=O)c1cc(F)c(OCCc2cc([N+](=O)[O-])c(C(=O)OC)cc2F)cc1N. The van der Waals surface area contributed by atoms with Crippen molar-refractivity contribution >= 4 is 23.3 Å². The molecule has 0 bridgehead atoms. The fraction of sp³-hybridized carbons (Fsp3) is 0.222. The summed E-state index contributed by atoms with van der Waals surface area (Å²) in [6.07, 6.45) is -0.174. The van der Waals surface area contributed by atoms with Crippen LogP contribution in [0.1, 0.15) is 26.3 Å². The minimum absolute atomic E-state index is 0.0856. The Morgan fingerprint density at radius 1 is 1.03 bits per heavy atom. The average molecular weight is 410 g/mol. The molecule has 0 fully saturated rings. The molecule has 2 aromatic rings. The summed E-state index contributed by atoms with van der Waals surface area (Å²) >= 11 is 0. The summed E-state index contributed by atoms with van der Waals surface area (Å²) in [7, 11) is 2.13. The first kappa shape index (κ1) is 21.5. The number of nitrogen functional groups attached to an aromatic ring is 1. The van der Waals surface area contributed by atoms with Crippen LogP contribution in [0.3, 0.4) is 0 Å². The van der Waals surface area contributed by atoms with Gasteiger partial charge in [-0.25, -0.2) is 18.4 Å². The van der Waals surface area contributed by atoms with Gasteiger partial charge in [0.1, 0.15) is 11.4 Å². The van der Waals surface area contributed by atoms with Gasteiger partial charge in [-0.2, -0.15) is 0 Å². The lowest BCUT2D eigenvalue weighted by atomic mass is 10.1. The first-order valence-electron chi connectivity index (χ1n) is 8.04. The van der Waals surface area contributed by atoms with E-state index in [1.165, 1.54) is 0 Å². The van der Waals surface area contributed by atoms with Gasteiger partial charge < -0.3 is 19.9 Å². The van der Waals surface area contributed by atoms with Crippen molar-refractivity contribution < 1.29 is 37.5 Å². The molecule has 0 aliphatic rings. The second kappa shape index (κ2) is 8.95. The van der Waals surface area contributed by atoms with E-state index < -0.39 is 39.7 Å². The Morgan fingerprint density at radius 3 is 2.21 bits per heavy atom. The molecule has 29 heavy (non-hydrogen) atoms. The third kappa shape index (κ3) is 4.75. The van der Waals surface area contributed by atoms with Crippen molar-refractivity contribution in [2.45, 2.75) is 6.42 Å². The number of nitro benzene ring substituents is 1. The lowest BCUT2D eigenvalue weighted by molar-refractivity contribution is -0.385. The zero-order valence-electron chi connectivity index (χ0n) is 15.4. The van der Waals surface area contributed by atoms with Crippen molar-refractivity contribution in [1.82, 2.24) is 0 Å². The Bertz CT molecular complexity index is 979. The van der Waals surface area contributed by atoms with Crippen LogP contribution in [0.2, 0.25) is 0 Å². The number of anilines is 1. The van der Waals surface area contributed by atoms with Gasteiger partial charge in [0, 0.05) is 18.6 Å². The van der Waals surface area contributed by atoms with E-state index >= 15 is 0 Å². The van der Waals surface area contributed by atoms with E-state index in [0.29, 0.717) is 6.07 Å². The number of carbonyl (C=O) groups excluding carboxylic acids is 2. The topological polar surface area (TPSA) is 131 Å². The van der Waals surface area contributed by atoms with Crippen LogP contribution in [0.4, 0.5) is 20.2 Å². The predicted octanol–water partition coefficient (Wildman–Crippen LogP) is 2.65. The molecule has 11 heteroatoms. The highest BCUT2D eigenvalue weighted by atomic mass is 19.1. The molecule has 0 saturated carbocycles. The monoisotopic (exact) mass is 410 g/mol. The fourth-order valence-electron chi connectivity index (χ4n) is 2.46. The average Bonchev–Trinajstić information content (AvgIpc) is 2.69. The summed E-state index contributed by atoms with van der Waals surface area (Å²) < 4.78 is 42.4. The Hall–Kier alpha value is -3.76. The van der Waals surface area contributed by atoms with E-state index in [1.807, 2.05) is 0 Å². The number of hydrogen-bond acceptors (Lipinski definition) is 8. The van der Waals surface area contributed by atoms with Gasteiger partial charge in [-0.1, -0.05) is 0 Å². The summed E-state index contributed by atoms with van der Waals surface area (Å²) in [4.78, 5) is 33.3. The maximum absolute atomic E-state index is 14.2. The molecule has 0 radical (unpaired) electrons. The number of carbonyl (C=O) groups is 2. The molecule has 2 N–H and O–H groups in total. The zero-order chi connectivity index (χ0) is 21.7. The Kier molecular flexibility index (Phi) is 6.65. The van der Waals surface area contributed by atoms with E-state index in [9.17, 15) is 28.5 Å². The van der Waals surface area contributed by atoms with Crippen LogP contribution in [-0.2, 0) is 15.9 Å². The van der Waals surface area contributed by atoms with Crippen LogP contribution in [0.5, 0.6) is 5.75 Å².